The Hall–Kier alpha value is -2.63. The predicted molar refractivity (Wildman–Crippen MR) is 86.3 cm³/mol. The van der Waals surface area contributed by atoms with Gasteiger partial charge in [0, 0.05) is 24.7 Å². The van der Waals surface area contributed by atoms with Crippen LogP contribution in [-0.2, 0) is 6.54 Å². The lowest BCUT2D eigenvalue weighted by atomic mass is 10.1. The minimum absolute atomic E-state index is 0.0187. The van der Waals surface area contributed by atoms with Crippen molar-refractivity contribution in [3.8, 4) is 11.5 Å². The lowest BCUT2D eigenvalue weighted by Gasteiger charge is -2.22. The first-order valence-corrected chi connectivity index (χ1v) is 7.44. The van der Waals surface area contributed by atoms with E-state index in [-0.39, 0.29) is 12.1 Å². The number of hydrogen-bond donors (Lipinski definition) is 0. The van der Waals surface area contributed by atoms with Gasteiger partial charge in [0.25, 0.3) is 5.91 Å². The summed E-state index contributed by atoms with van der Waals surface area (Å²) in [5.74, 6) is -0.857. The van der Waals surface area contributed by atoms with Gasteiger partial charge < -0.3 is 14.4 Å². The van der Waals surface area contributed by atoms with E-state index < -0.39 is 17.5 Å². The summed E-state index contributed by atoms with van der Waals surface area (Å²) in [6, 6.07) is 8.12. The van der Waals surface area contributed by atoms with Crippen LogP contribution in [0.3, 0.4) is 0 Å². The lowest BCUT2D eigenvalue weighted by molar-refractivity contribution is 0.0751. The van der Waals surface area contributed by atoms with Crippen LogP contribution >= 0.6 is 0 Å². The Kier molecular flexibility index (Phi) is 5.73. The summed E-state index contributed by atoms with van der Waals surface area (Å²) in [7, 11) is 3.07. The van der Waals surface area contributed by atoms with Gasteiger partial charge in [-0.3, -0.25) is 4.79 Å². The highest BCUT2D eigenvalue weighted by Crippen LogP contribution is 2.28. The number of carbonyl (C=O) groups excluding carboxylic acids is 1. The Morgan fingerprint density at radius 3 is 2.17 bits per heavy atom. The van der Waals surface area contributed by atoms with Crippen molar-refractivity contribution in [3.63, 3.8) is 0 Å². The van der Waals surface area contributed by atoms with Crippen molar-refractivity contribution in [3.05, 3.63) is 59.2 Å². The fourth-order valence-corrected chi connectivity index (χ4v) is 2.39. The zero-order valence-electron chi connectivity index (χ0n) is 13.8. The van der Waals surface area contributed by atoms with Gasteiger partial charge in [0.15, 0.2) is 11.5 Å². The topological polar surface area (TPSA) is 38.8 Å². The van der Waals surface area contributed by atoms with E-state index in [2.05, 4.69) is 0 Å². The fraction of sp³-hybridized carbons (Fsp3) is 0.278. The van der Waals surface area contributed by atoms with Gasteiger partial charge >= 0.3 is 0 Å². The average Bonchev–Trinajstić information content (AvgIpc) is 2.57. The number of methoxy groups -OCH3 is 2. The Balaban J connectivity index is 2.24. The molecule has 0 aliphatic carbocycles. The Morgan fingerprint density at radius 1 is 1.00 bits per heavy atom. The maximum absolute atomic E-state index is 13.3. The summed E-state index contributed by atoms with van der Waals surface area (Å²) in [5, 5.41) is 0. The SMILES string of the molecule is CCN(Cc1ccc(OC)c(OC)c1)C(=O)c1cc(F)cc(F)c1. The number of ether oxygens (including phenoxy) is 2. The van der Waals surface area contributed by atoms with Crippen molar-refractivity contribution in [1.29, 1.82) is 0 Å². The third kappa shape index (κ3) is 4.01. The molecule has 0 saturated heterocycles. The first kappa shape index (κ1) is 17.7. The van der Waals surface area contributed by atoms with E-state index in [9.17, 15) is 13.6 Å². The van der Waals surface area contributed by atoms with Crippen molar-refractivity contribution in [2.24, 2.45) is 0 Å². The highest BCUT2D eigenvalue weighted by Gasteiger charge is 2.17. The molecular formula is C18H19F2NO3. The van der Waals surface area contributed by atoms with Gasteiger partial charge in [0.05, 0.1) is 14.2 Å². The molecule has 4 nitrogen and oxygen atoms in total. The molecule has 0 bridgehead atoms. The Bertz CT molecular complexity index is 714. The van der Waals surface area contributed by atoms with Gasteiger partial charge in [0.2, 0.25) is 0 Å². The highest BCUT2D eigenvalue weighted by molar-refractivity contribution is 5.94. The second-order valence-corrected chi connectivity index (χ2v) is 5.17. The van der Waals surface area contributed by atoms with Gasteiger partial charge in [-0.1, -0.05) is 6.07 Å². The van der Waals surface area contributed by atoms with E-state index in [1.165, 1.54) is 19.1 Å². The number of carbonyl (C=O) groups is 1. The molecule has 0 unspecified atom stereocenters. The molecule has 0 aliphatic rings. The number of nitrogens with zero attached hydrogens (tertiary/aromatic N) is 1. The van der Waals surface area contributed by atoms with Crippen LogP contribution in [0.4, 0.5) is 8.78 Å². The smallest absolute Gasteiger partial charge is 0.254 e. The Labute approximate surface area is 139 Å². The quantitative estimate of drug-likeness (QED) is 0.809. The van der Waals surface area contributed by atoms with Crippen molar-refractivity contribution >= 4 is 5.91 Å². The van der Waals surface area contributed by atoms with Crippen LogP contribution in [-0.4, -0.2) is 31.6 Å². The van der Waals surface area contributed by atoms with Crippen molar-refractivity contribution in [1.82, 2.24) is 4.90 Å². The molecule has 2 aromatic carbocycles. The molecule has 24 heavy (non-hydrogen) atoms. The summed E-state index contributed by atoms with van der Waals surface area (Å²) in [5.41, 5.74) is 0.801. The summed E-state index contributed by atoms with van der Waals surface area (Å²) < 4.78 is 37.1. The largest absolute Gasteiger partial charge is 0.493 e. The molecule has 0 saturated carbocycles. The zero-order valence-corrected chi connectivity index (χ0v) is 13.8. The monoisotopic (exact) mass is 335 g/mol. The number of benzene rings is 2. The second-order valence-electron chi connectivity index (χ2n) is 5.17. The first-order valence-electron chi connectivity index (χ1n) is 7.44. The number of hydrogen-bond acceptors (Lipinski definition) is 3. The maximum atomic E-state index is 13.3. The van der Waals surface area contributed by atoms with Crippen molar-refractivity contribution in [2.45, 2.75) is 13.5 Å². The van der Waals surface area contributed by atoms with E-state index in [0.29, 0.717) is 18.0 Å². The first-order chi connectivity index (χ1) is 11.5. The third-order valence-electron chi connectivity index (χ3n) is 3.60. The molecule has 0 N–H and O–H groups in total. The number of amides is 1. The van der Waals surface area contributed by atoms with Gasteiger partial charge in [-0.25, -0.2) is 8.78 Å². The Morgan fingerprint density at radius 2 is 1.62 bits per heavy atom. The molecule has 0 aromatic heterocycles. The molecule has 0 atom stereocenters. The van der Waals surface area contributed by atoms with Gasteiger partial charge in [-0.05, 0) is 36.8 Å². The van der Waals surface area contributed by atoms with Crippen LogP contribution in [0.1, 0.15) is 22.8 Å². The van der Waals surface area contributed by atoms with E-state index in [4.69, 9.17) is 9.47 Å². The van der Waals surface area contributed by atoms with Gasteiger partial charge in [-0.15, -0.1) is 0 Å². The van der Waals surface area contributed by atoms with Crippen molar-refractivity contribution < 1.29 is 23.0 Å². The highest BCUT2D eigenvalue weighted by atomic mass is 19.1. The number of rotatable bonds is 6. The molecule has 2 aromatic rings. The molecular weight excluding hydrogens is 316 g/mol. The average molecular weight is 335 g/mol. The van der Waals surface area contributed by atoms with E-state index >= 15 is 0 Å². The minimum atomic E-state index is -0.777. The van der Waals surface area contributed by atoms with Crippen LogP contribution in [0.25, 0.3) is 0 Å². The van der Waals surface area contributed by atoms with E-state index in [0.717, 1.165) is 23.8 Å². The summed E-state index contributed by atoms with van der Waals surface area (Å²) in [6.45, 7) is 2.48. The molecule has 0 fully saturated rings. The van der Waals surface area contributed by atoms with E-state index in [1.807, 2.05) is 6.07 Å². The van der Waals surface area contributed by atoms with Crippen LogP contribution < -0.4 is 9.47 Å². The summed E-state index contributed by atoms with van der Waals surface area (Å²) >= 11 is 0. The molecule has 0 heterocycles. The summed E-state index contributed by atoms with van der Waals surface area (Å²) in [6.07, 6.45) is 0. The molecule has 128 valence electrons. The van der Waals surface area contributed by atoms with Crippen molar-refractivity contribution in [2.75, 3.05) is 20.8 Å². The van der Waals surface area contributed by atoms with Crippen LogP contribution in [0.2, 0.25) is 0 Å². The fourth-order valence-electron chi connectivity index (χ4n) is 2.39. The van der Waals surface area contributed by atoms with E-state index in [1.54, 1.807) is 19.1 Å². The standard InChI is InChI=1S/C18H19F2NO3/c1-4-21(18(22)13-8-14(19)10-15(20)9-13)11-12-5-6-16(23-2)17(7-12)24-3/h5-10H,4,11H2,1-3H3. The maximum Gasteiger partial charge on any atom is 0.254 e. The molecule has 1 amide bonds. The second kappa shape index (κ2) is 7.77. The normalized spacial score (nSPS) is 10.4. The van der Waals surface area contributed by atoms with Gasteiger partial charge in [0.1, 0.15) is 11.6 Å². The summed E-state index contributed by atoms with van der Waals surface area (Å²) in [4.78, 5) is 14.0. The number of halogens is 2. The van der Waals surface area contributed by atoms with Crippen LogP contribution in [0, 0.1) is 11.6 Å². The van der Waals surface area contributed by atoms with Gasteiger partial charge in [-0.2, -0.15) is 0 Å². The predicted octanol–water partition coefficient (Wildman–Crippen LogP) is 3.64. The van der Waals surface area contributed by atoms with Crippen LogP contribution in [0.5, 0.6) is 11.5 Å². The van der Waals surface area contributed by atoms with Crippen LogP contribution in [0.15, 0.2) is 36.4 Å². The third-order valence-corrected chi connectivity index (χ3v) is 3.60. The molecule has 0 spiro atoms. The molecule has 0 aliphatic heterocycles. The zero-order chi connectivity index (χ0) is 17.7. The molecule has 6 heteroatoms. The lowest BCUT2D eigenvalue weighted by Crippen LogP contribution is -2.30. The molecule has 2 rings (SSSR count). The minimum Gasteiger partial charge on any atom is -0.493 e. The molecule has 0 radical (unpaired) electrons.